The molecule has 3 heterocycles. The number of carbonyl (C=O) groups is 1. The van der Waals surface area contributed by atoms with E-state index in [9.17, 15) is 4.79 Å². The van der Waals surface area contributed by atoms with E-state index in [4.69, 9.17) is 4.98 Å². The minimum Gasteiger partial charge on any atom is -0.352 e. The number of nitrogens with one attached hydrogen (secondary N) is 1. The lowest BCUT2D eigenvalue weighted by atomic mass is 10.1. The summed E-state index contributed by atoms with van der Waals surface area (Å²) in [7, 11) is 1.89. The van der Waals surface area contributed by atoms with Gasteiger partial charge in [0.25, 0.3) is 0 Å². The van der Waals surface area contributed by atoms with Gasteiger partial charge in [-0.05, 0) is 25.0 Å². The predicted molar refractivity (Wildman–Crippen MR) is 108 cm³/mol. The van der Waals surface area contributed by atoms with Crippen molar-refractivity contribution in [3.05, 3.63) is 60.6 Å². The molecule has 1 N–H and O–H groups in total. The van der Waals surface area contributed by atoms with Crippen LogP contribution in [0.2, 0.25) is 0 Å². The van der Waals surface area contributed by atoms with Gasteiger partial charge in [0.05, 0.1) is 5.69 Å². The van der Waals surface area contributed by atoms with Crippen molar-refractivity contribution in [2.75, 3.05) is 18.0 Å². The Balaban J connectivity index is 1.33. The summed E-state index contributed by atoms with van der Waals surface area (Å²) in [6, 6.07) is 14.1. The molecule has 1 aliphatic rings. The number of anilines is 1. The second-order valence-corrected chi connectivity index (χ2v) is 7.05. The average Bonchev–Trinajstić information content (AvgIpc) is 3.36. The molecule has 1 atom stereocenters. The van der Waals surface area contributed by atoms with E-state index in [-0.39, 0.29) is 11.9 Å². The Labute approximate surface area is 164 Å². The van der Waals surface area contributed by atoms with Crippen LogP contribution in [-0.4, -0.2) is 44.8 Å². The van der Waals surface area contributed by atoms with Crippen molar-refractivity contribution in [2.45, 2.75) is 25.3 Å². The smallest absolute Gasteiger partial charge is 0.225 e. The summed E-state index contributed by atoms with van der Waals surface area (Å²) >= 11 is 0. The van der Waals surface area contributed by atoms with E-state index < -0.39 is 0 Å². The zero-order chi connectivity index (χ0) is 19.3. The van der Waals surface area contributed by atoms with Crippen molar-refractivity contribution < 1.29 is 4.79 Å². The number of hydrogen-bond acceptors (Lipinski definition) is 5. The Hall–Kier alpha value is -3.22. The van der Waals surface area contributed by atoms with Gasteiger partial charge in [-0.25, -0.2) is 9.97 Å². The molecule has 4 rings (SSSR count). The summed E-state index contributed by atoms with van der Waals surface area (Å²) in [4.78, 5) is 23.6. The van der Waals surface area contributed by atoms with Gasteiger partial charge in [-0.15, -0.1) is 0 Å². The maximum atomic E-state index is 12.3. The summed E-state index contributed by atoms with van der Waals surface area (Å²) < 4.78 is 1.81. The fourth-order valence-corrected chi connectivity index (χ4v) is 3.52. The number of carbonyl (C=O) groups excluding carboxylic acids is 1. The van der Waals surface area contributed by atoms with Crippen molar-refractivity contribution in [1.82, 2.24) is 25.1 Å². The van der Waals surface area contributed by atoms with Crippen molar-refractivity contribution in [1.29, 1.82) is 0 Å². The molecule has 1 aromatic carbocycles. The van der Waals surface area contributed by atoms with Crippen molar-refractivity contribution in [3.8, 4) is 11.3 Å². The molecular formula is C21H24N6O. The molecule has 1 aliphatic heterocycles. The van der Waals surface area contributed by atoms with Crippen LogP contribution in [0, 0.1) is 0 Å². The molecule has 7 heteroatoms. The average molecular weight is 376 g/mol. The molecule has 0 saturated carbocycles. The maximum Gasteiger partial charge on any atom is 0.225 e. The van der Waals surface area contributed by atoms with E-state index in [0.29, 0.717) is 18.8 Å². The highest BCUT2D eigenvalue weighted by Crippen LogP contribution is 2.21. The van der Waals surface area contributed by atoms with Gasteiger partial charge in [-0.3, -0.25) is 9.48 Å². The third-order valence-electron chi connectivity index (χ3n) is 5.08. The monoisotopic (exact) mass is 376 g/mol. The second-order valence-electron chi connectivity index (χ2n) is 7.05. The van der Waals surface area contributed by atoms with Crippen molar-refractivity contribution in [2.24, 2.45) is 7.05 Å². The number of nitrogens with zero attached hydrogens (tertiary/aromatic N) is 5. The highest BCUT2D eigenvalue weighted by Gasteiger charge is 2.25. The van der Waals surface area contributed by atoms with Crippen LogP contribution in [-0.2, 0) is 18.3 Å². The number of aromatic nitrogens is 4. The second kappa shape index (κ2) is 8.21. The van der Waals surface area contributed by atoms with E-state index >= 15 is 0 Å². The number of amides is 1. The third-order valence-corrected chi connectivity index (χ3v) is 5.08. The zero-order valence-corrected chi connectivity index (χ0v) is 16.0. The van der Waals surface area contributed by atoms with E-state index in [1.54, 1.807) is 12.4 Å². The SMILES string of the molecule is Cn1nccc1CCC(=O)NC1CCN(c2nccc(-c3ccccc3)n2)C1. The first-order valence-corrected chi connectivity index (χ1v) is 9.59. The number of hydrogen-bond donors (Lipinski definition) is 1. The molecule has 0 aliphatic carbocycles. The molecule has 1 unspecified atom stereocenters. The summed E-state index contributed by atoms with van der Waals surface area (Å²) in [5.74, 6) is 0.792. The van der Waals surface area contributed by atoms with Crippen LogP contribution >= 0.6 is 0 Å². The minimum atomic E-state index is 0.0759. The molecule has 2 aromatic heterocycles. The summed E-state index contributed by atoms with van der Waals surface area (Å²) in [6.45, 7) is 1.57. The largest absolute Gasteiger partial charge is 0.352 e. The molecule has 144 valence electrons. The quantitative estimate of drug-likeness (QED) is 0.714. The molecule has 0 spiro atoms. The zero-order valence-electron chi connectivity index (χ0n) is 16.0. The van der Waals surface area contributed by atoms with E-state index in [2.05, 4.69) is 20.3 Å². The van der Waals surface area contributed by atoms with Crippen molar-refractivity contribution >= 4 is 11.9 Å². The fraction of sp³-hybridized carbons (Fsp3) is 0.333. The van der Waals surface area contributed by atoms with Gasteiger partial charge in [0.1, 0.15) is 0 Å². The Morgan fingerprint density at radius 3 is 2.82 bits per heavy atom. The number of aryl methyl sites for hydroxylation is 2. The number of benzene rings is 1. The van der Waals surface area contributed by atoms with Gasteiger partial charge in [-0.1, -0.05) is 30.3 Å². The molecule has 28 heavy (non-hydrogen) atoms. The first kappa shape index (κ1) is 18.2. The van der Waals surface area contributed by atoms with Crippen LogP contribution in [0.1, 0.15) is 18.5 Å². The Morgan fingerprint density at radius 2 is 2.04 bits per heavy atom. The number of rotatable bonds is 6. The van der Waals surface area contributed by atoms with Gasteiger partial charge in [0.15, 0.2) is 0 Å². The molecule has 1 amide bonds. The Morgan fingerprint density at radius 1 is 1.18 bits per heavy atom. The van der Waals surface area contributed by atoms with Crippen LogP contribution in [0.15, 0.2) is 54.9 Å². The Kier molecular flexibility index (Phi) is 5.32. The first-order valence-electron chi connectivity index (χ1n) is 9.59. The lowest BCUT2D eigenvalue weighted by Gasteiger charge is -2.17. The lowest BCUT2D eigenvalue weighted by molar-refractivity contribution is -0.121. The van der Waals surface area contributed by atoms with Crippen LogP contribution in [0.5, 0.6) is 0 Å². The summed E-state index contributed by atoms with van der Waals surface area (Å²) in [5.41, 5.74) is 3.05. The highest BCUT2D eigenvalue weighted by molar-refractivity contribution is 5.76. The Bertz CT molecular complexity index is 939. The van der Waals surface area contributed by atoms with Gasteiger partial charge in [0.2, 0.25) is 11.9 Å². The molecule has 0 bridgehead atoms. The predicted octanol–water partition coefficient (Wildman–Crippen LogP) is 2.20. The third kappa shape index (κ3) is 4.19. The molecule has 1 fully saturated rings. The molecule has 0 radical (unpaired) electrons. The van der Waals surface area contributed by atoms with Crippen LogP contribution in [0.25, 0.3) is 11.3 Å². The molecule has 7 nitrogen and oxygen atoms in total. The van der Waals surface area contributed by atoms with Gasteiger partial charge < -0.3 is 10.2 Å². The maximum absolute atomic E-state index is 12.3. The van der Waals surface area contributed by atoms with Crippen LogP contribution in [0.4, 0.5) is 5.95 Å². The van der Waals surface area contributed by atoms with Crippen molar-refractivity contribution in [3.63, 3.8) is 0 Å². The highest BCUT2D eigenvalue weighted by atomic mass is 16.1. The minimum absolute atomic E-state index is 0.0759. The van der Waals surface area contributed by atoms with Gasteiger partial charge >= 0.3 is 0 Å². The normalized spacial score (nSPS) is 16.3. The molecule has 3 aromatic rings. The standard InChI is InChI=1S/C21H24N6O/c1-26-18(9-13-23-26)7-8-20(28)24-17-11-14-27(15-17)21-22-12-10-19(25-21)16-5-3-2-4-6-16/h2-6,9-10,12-13,17H,7-8,11,14-15H2,1H3,(H,24,28). The first-order chi connectivity index (χ1) is 13.7. The van der Waals surface area contributed by atoms with Crippen LogP contribution < -0.4 is 10.2 Å². The van der Waals surface area contributed by atoms with E-state index in [1.165, 1.54) is 0 Å². The molecule has 1 saturated heterocycles. The van der Waals surface area contributed by atoms with Gasteiger partial charge in [0, 0.05) is 56.3 Å². The lowest BCUT2D eigenvalue weighted by Crippen LogP contribution is -2.37. The van der Waals surface area contributed by atoms with Gasteiger partial charge in [-0.2, -0.15) is 5.10 Å². The summed E-state index contributed by atoms with van der Waals surface area (Å²) in [5, 5.41) is 7.28. The van der Waals surface area contributed by atoms with E-state index in [1.807, 2.05) is 54.2 Å². The van der Waals surface area contributed by atoms with Crippen LogP contribution in [0.3, 0.4) is 0 Å². The molecular weight excluding hydrogens is 352 g/mol. The topological polar surface area (TPSA) is 75.9 Å². The van der Waals surface area contributed by atoms with E-state index in [0.717, 1.165) is 36.5 Å². The fourth-order valence-electron chi connectivity index (χ4n) is 3.52. The summed E-state index contributed by atoms with van der Waals surface area (Å²) in [6.07, 6.45) is 5.61.